The average Bonchev–Trinajstić information content (AvgIpc) is 2.18. The van der Waals surface area contributed by atoms with Gasteiger partial charge in [-0.05, 0) is 6.42 Å². The van der Waals surface area contributed by atoms with Crippen molar-refractivity contribution in [3.8, 4) is 0 Å². The summed E-state index contributed by atoms with van der Waals surface area (Å²) in [5.74, 6) is 0.663. The highest BCUT2D eigenvalue weighted by atomic mass is 16.5. The zero-order valence-corrected chi connectivity index (χ0v) is 8.12. The van der Waals surface area contributed by atoms with Crippen LogP contribution in [0.15, 0.2) is 10.9 Å². The van der Waals surface area contributed by atoms with Crippen LogP contribution in [0, 0.1) is 0 Å². The second-order valence-electron chi connectivity index (χ2n) is 3.27. The van der Waals surface area contributed by atoms with E-state index in [1.807, 2.05) is 0 Å². The van der Waals surface area contributed by atoms with Crippen LogP contribution in [0.2, 0.25) is 0 Å². The summed E-state index contributed by atoms with van der Waals surface area (Å²) in [5, 5.41) is 3.10. The molecule has 0 saturated heterocycles. The van der Waals surface area contributed by atoms with Gasteiger partial charge in [0.2, 0.25) is 5.95 Å². The molecule has 5 heteroatoms. The van der Waals surface area contributed by atoms with Crippen LogP contribution in [-0.2, 0) is 17.9 Å². The molecule has 5 nitrogen and oxygen atoms in total. The maximum atomic E-state index is 11.6. The van der Waals surface area contributed by atoms with Crippen molar-refractivity contribution in [2.24, 2.45) is 0 Å². The van der Waals surface area contributed by atoms with Crippen LogP contribution in [0.1, 0.15) is 12.1 Å². The van der Waals surface area contributed by atoms with Crippen LogP contribution in [0.4, 0.5) is 5.95 Å². The molecule has 0 fully saturated rings. The summed E-state index contributed by atoms with van der Waals surface area (Å²) < 4.78 is 6.59. The van der Waals surface area contributed by atoms with Gasteiger partial charge in [-0.25, -0.2) is 4.98 Å². The van der Waals surface area contributed by atoms with E-state index in [2.05, 4.69) is 10.3 Å². The SMILES string of the molecule is COCc1cc(=O)n2c(n1)NCCC2. The van der Waals surface area contributed by atoms with E-state index in [1.54, 1.807) is 11.7 Å². The Labute approximate surface area is 81.7 Å². The molecule has 1 aromatic rings. The minimum atomic E-state index is -0.00532. The number of ether oxygens (including phenoxy) is 1. The van der Waals surface area contributed by atoms with E-state index in [4.69, 9.17) is 4.74 Å². The van der Waals surface area contributed by atoms with Gasteiger partial charge in [0, 0.05) is 26.3 Å². The van der Waals surface area contributed by atoms with E-state index in [0.29, 0.717) is 18.2 Å². The Bertz CT molecular complexity index is 386. The van der Waals surface area contributed by atoms with Gasteiger partial charge in [-0.2, -0.15) is 0 Å². The number of anilines is 1. The number of rotatable bonds is 2. The lowest BCUT2D eigenvalue weighted by Gasteiger charge is -2.18. The lowest BCUT2D eigenvalue weighted by atomic mass is 10.3. The third-order valence-corrected chi connectivity index (χ3v) is 2.20. The fourth-order valence-corrected chi connectivity index (χ4v) is 1.56. The zero-order valence-electron chi connectivity index (χ0n) is 8.12. The highest BCUT2D eigenvalue weighted by Crippen LogP contribution is 2.08. The molecule has 1 N–H and O–H groups in total. The largest absolute Gasteiger partial charge is 0.378 e. The summed E-state index contributed by atoms with van der Waals surface area (Å²) in [6.07, 6.45) is 0.970. The first-order chi connectivity index (χ1) is 6.81. The van der Waals surface area contributed by atoms with Gasteiger partial charge in [-0.3, -0.25) is 9.36 Å². The van der Waals surface area contributed by atoms with E-state index < -0.39 is 0 Å². The number of fused-ring (bicyclic) bond motifs is 1. The molecule has 0 spiro atoms. The summed E-state index contributed by atoms with van der Waals surface area (Å²) in [7, 11) is 1.59. The molecule has 0 amide bonds. The molecule has 0 atom stereocenters. The normalized spacial score (nSPS) is 14.6. The Kier molecular flexibility index (Phi) is 2.49. The highest BCUT2D eigenvalue weighted by molar-refractivity contribution is 5.28. The minimum absolute atomic E-state index is 0.00532. The molecule has 0 saturated carbocycles. The predicted molar refractivity (Wildman–Crippen MR) is 52.3 cm³/mol. The van der Waals surface area contributed by atoms with Crippen molar-refractivity contribution in [2.75, 3.05) is 19.0 Å². The first-order valence-corrected chi connectivity index (χ1v) is 4.65. The van der Waals surface area contributed by atoms with Gasteiger partial charge in [0.15, 0.2) is 0 Å². The quantitative estimate of drug-likeness (QED) is 0.732. The second-order valence-corrected chi connectivity index (χ2v) is 3.27. The number of nitrogens with zero attached hydrogens (tertiary/aromatic N) is 2. The van der Waals surface area contributed by atoms with Gasteiger partial charge in [-0.15, -0.1) is 0 Å². The number of aromatic nitrogens is 2. The van der Waals surface area contributed by atoms with E-state index in [0.717, 1.165) is 19.5 Å². The number of nitrogens with one attached hydrogen (secondary N) is 1. The fourth-order valence-electron chi connectivity index (χ4n) is 1.56. The van der Waals surface area contributed by atoms with Crippen LogP contribution >= 0.6 is 0 Å². The van der Waals surface area contributed by atoms with Crippen LogP contribution in [0.5, 0.6) is 0 Å². The topological polar surface area (TPSA) is 56.2 Å². The molecule has 76 valence electrons. The maximum absolute atomic E-state index is 11.6. The molecule has 0 radical (unpaired) electrons. The van der Waals surface area contributed by atoms with Gasteiger partial charge in [0.05, 0.1) is 12.3 Å². The Morgan fingerprint density at radius 2 is 2.57 bits per heavy atom. The van der Waals surface area contributed by atoms with Crippen LogP contribution in [0.25, 0.3) is 0 Å². The first-order valence-electron chi connectivity index (χ1n) is 4.65. The number of hydrogen-bond donors (Lipinski definition) is 1. The number of hydrogen-bond acceptors (Lipinski definition) is 4. The zero-order chi connectivity index (χ0) is 9.97. The highest BCUT2D eigenvalue weighted by Gasteiger charge is 2.11. The van der Waals surface area contributed by atoms with E-state index in [9.17, 15) is 4.79 Å². The molecule has 2 rings (SSSR count). The van der Waals surface area contributed by atoms with Gasteiger partial charge in [0.1, 0.15) is 0 Å². The molecular formula is C9H13N3O2. The van der Waals surface area contributed by atoms with Crippen molar-refractivity contribution < 1.29 is 4.74 Å². The smallest absolute Gasteiger partial charge is 0.255 e. The van der Waals surface area contributed by atoms with Crippen LogP contribution in [0.3, 0.4) is 0 Å². The summed E-state index contributed by atoms with van der Waals surface area (Å²) in [6.45, 7) is 2.01. The molecule has 1 aliphatic rings. The molecule has 0 bridgehead atoms. The third-order valence-electron chi connectivity index (χ3n) is 2.20. The molecule has 0 unspecified atom stereocenters. The molecule has 1 aromatic heterocycles. The lowest BCUT2D eigenvalue weighted by molar-refractivity contribution is 0.181. The molecule has 2 heterocycles. The number of methoxy groups -OCH3 is 1. The molecule has 0 aliphatic carbocycles. The monoisotopic (exact) mass is 195 g/mol. The Morgan fingerprint density at radius 1 is 1.71 bits per heavy atom. The van der Waals surface area contributed by atoms with Crippen molar-refractivity contribution in [2.45, 2.75) is 19.6 Å². The van der Waals surface area contributed by atoms with Crippen molar-refractivity contribution in [1.29, 1.82) is 0 Å². The van der Waals surface area contributed by atoms with Crippen LogP contribution < -0.4 is 10.9 Å². The van der Waals surface area contributed by atoms with Crippen molar-refractivity contribution in [3.63, 3.8) is 0 Å². The maximum Gasteiger partial charge on any atom is 0.255 e. The Hall–Kier alpha value is -1.36. The molecule has 14 heavy (non-hydrogen) atoms. The molecule has 0 aromatic carbocycles. The lowest BCUT2D eigenvalue weighted by Crippen LogP contribution is -2.30. The molecular weight excluding hydrogens is 182 g/mol. The third kappa shape index (κ3) is 1.63. The predicted octanol–water partition coefficient (Wildman–Crippen LogP) is 0.205. The van der Waals surface area contributed by atoms with E-state index in [-0.39, 0.29) is 5.56 Å². The van der Waals surface area contributed by atoms with E-state index >= 15 is 0 Å². The standard InChI is InChI=1S/C9H13N3O2/c1-14-6-7-5-8(13)12-4-2-3-10-9(12)11-7/h5H,2-4,6H2,1H3,(H,10,11). The van der Waals surface area contributed by atoms with Gasteiger partial charge >= 0.3 is 0 Å². The van der Waals surface area contributed by atoms with Gasteiger partial charge in [-0.1, -0.05) is 0 Å². The summed E-state index contributed by atoms with van der Waals surface area (Å²) in [6, 6.07) is 1.53. The second kappa shape index (κ2) is 3.79. The van der Waals surface area contributed by atoms with E-state index in [1.165, 1.54) is 6.07 Å². The average molecular weight is 195 g/mol. The minimum Gasteiger partial charge on any atom is -0.378 e. The summed E-state index contributed by atoms with van der Waals surface area (Å²) in [4.78, 5) is 15.9. The Morgan fingerprint density at radius 3 is 3.36 bits per heavy atom. The van der Waals surface area contributed by atoms with Gasteiger partial charge in [0.25, 0.3) is 5.56 Å². The molecule has 1 aliphatic heterocycles. The Balaban J connectivity index is 2.41. The fraction of sp³-hybridized carbons (Fsp3) is 0.556. The van der Waals surface area contributed by atoms with Crippen molar-refractivity contribution >= 4 is 5.95 Å². The van der Waals surface area contributed by atoms with Crippen LogP contribution in [-0.4, -0.2) is 23.2 Å². The summed E-state index contributed by atoms with van der Waals surface area (Å²) in [5.41, 5.74) is 0.674. The first kappa shape index (κ1) is 9.21. The summed E-state index contributed by atoms with van der Waals surface area (Å²) >= 11 is 0. The van der Waals surface area contributed by atoms with Crippen molar-refractivity contribution in [1.82, 2.24) is 9.55 Å². The van der Waals surface area contributed by atoms with Crippen molar-refractivity contribution in [3.05, 3.63) is 22.1 Å². The van der Waals surface area contributed by atoms with Gasteiger partial charge < -0.3 is 10.1 Å².